The molecule has 1 aliphatic rings. The van der Waals surface area contributed by atoms with Crippen molar-refractivity contribution in [2.75, 3.05) is 0 Å². The summed E-state index contributed by atoms with van der Waals surface area (Å²) in [7, 11) is 0. The summed E-state index contributed by atoms with van der Waals surface area (Å²) in [6.45, 7) is 0. The molecule has 0 spiro atoms. The Bertz CT molecular complexity index is 2990. The smallest absolute Gasteiger partial charge is 0.0631 e. The molecule has 242 valence electrons. The van der Waals surface area contributed by atoms with Crippen LogP contribution in [0.4, 0.5) is 0 Å². The van der Waals surface area contributed by atoms with Crippen molar-refractivity contribution in [1.29, 1.82) is 0 Å². The topological polar surface area (TPSA) is 4.93 Å². The van der Waals surface area contributed by atoms with E-state index in [2.05, 4.69) is 193 Å². The van der Waals surface area contributed by atoms with Gasteiger partial charge in [0.25, 0.3) is 0 Å². The van der Waals surface area contributed by atoms with Crippen molar-refractivity contribution in [3.63, 3.8) is 0 Å². The molecule has 0 saturated heterocycles. The second-order valence-electron chi connectivity index (χ2n) is 13.6. The van der Waals surface area contributed by atoms with Crippen molar-refractivity contribution >= 4 is 55.0 Å². The summed E-state index contributed by atoms with van der Waals surface area (Å²) >= 11 is 1.87. The Hall–Kier alpha value is -6.35. The van der Waals surface area contributed by atoms with E-state index >= 15 is 0 Å². The van der Waals surface area contributed by atoms with E-state index in [-0.39, 0.29) is 0 Å². The fourth-order valence-electron chi connectivity index (χ4n) is 8.50. The van der Waals surface area contributed by atoms with Gasteiger partial charge in [-0.3, -0.25) is 0 Å². The lowest BCUT2D eigenvalue weighted by Crippen LogP contribution is -1.99. The van der Waals surface area contributed by atoms with Gasteiger partial charge in [-0.2, -0.15) is 0 Å². The first-order chi connectivity index (χ1) is 25.8. The number of nitrogens with zero attached hydrogens (tertiary/aromatic N) is 1. The van der Waals surface area contributed by atoms with Crippen LogP contribution in [0.1, 0.15) is 0 Å². The fraction of sp³-hybridized carbons (Fsp3) is 0. The van der Waals surface area contributed by atoms with E-state index in [1.807, 2.05) is 11.8 Å². The van der Waals surface area contributed by atoms with Gasteiger partial charge >= 0.3 is 0 Å². The van der Waals surface area contributed by atoms with Gasteiger partial charge in [-0.05, 0) is 84.9 Å². The number of benzene rings is 9. The Labute approximate surface area is 306 Å². The standard InChI is InChI=1S/C50H31NS/c1-2-13-33(14-3-1)36-21-12-22-44-48-42-19-8-10-23-46(42)52-47-24-11-9-20-43(47)50(48)51(49(36)44)35-28-25-32(26-29-35)34-27-30-41-39-17-5-4-15-37(39)38-16-6-7-18-40(38)45(41)31-34/h1-31H. The van der Waals surface area contributed by atoms with Gasteiger partial charge in [-0.1, -0.05) is 169 Å². The van der Waals surface area contributed by atoms with Crippen molar-refractivity contribution in [1.82, 2.24) is 4.57 Å². The van der Waals surface area contributed by atoms with Gasteiger partial charge in [0.05, 0.1) is 11.2 Å². The molecule has 0 bridgehead atoms. The first-order valence-corrected chi connectivity index (χ1v) is 18.7. The van der Waals surface area contributed by atoms with Crippen LogP contribution in [-0.2, 0) is 0 Å². The number of para-hydroxylation sites is 1. The van der Waals surface area contributed by atoms with Crippen LogP contribution in [0, 0.1) is 0 Å². The first-order valence-electron chi connectivity index (χ1n) is 17.9. The highest BCUT2D eigenvalue weighted by Crippen LogP contribution is 2.53. The molecule has 0 N–H and O–H groups in total. The maximum atomic E-state index is 2.53. The number of aromatic nitrogens is 1. The predicted octanol–water partition coefficient (Wildman–Crippen LogP) is 14.2. The van der Waals surface area contributed by atoms with Crippen LogP contribution in [0.5, 0.6) is 0 Å². The Kier molecular flexibility index (Phi) is 6.55. The lowest BCUT2D eigenvalue weighted by atomic mass is 9.92. The number of rotatable bonds is 3. The molecule has 1 aromatic heterocycles. The molecule has 0 amide bonds. The third-order valence-electron chi connectivity index (χ3n) is 10.8. The molecule has 0 unspecified atom stereocenters. The largest absolute Gasteiger partial charge is 0.308 e. The molecule has 2 heterocycles. The molecule has 10 aromatic rings. The molecule has 0 radical (unpaired) electrons. The minimum Gasteiger partial charge on any atom is -0.308 e. The van der Waals surface area contributed by atoms with Crippen LogP contribution in [0.25, 0.3) is 93.5 Å². The Morgan fingerprint density at radius 2 is 0.846 bits per heavy atom. The molecule has 0 atom stereocenters. The van der Waals surface area contributed by atoms with Crippen LogP contribution in [0.3, 0.4) is 0 Å². The summed E-state index contributed by atoms with van der Waals surface area (Å²) in [5, 5.41) is 9.04. The van der Waals surface area contributed by atoms with Crippen molar-refractivity contribution in [2.45, 2.75) is 9.79 Å². The lowest BCUT2D eigenvalue weighted by Gasteiger charge is -2.16. The number of hydrogen-bond donors (Lipinski definition) is 0. The van der Waals surface area contributed by atoms with E-state index in [1.165, 1.54) is 97.6 Å². The van der Waals surface area contributed by atoms with E-state index < -0.39 is 0 Å². The van der Waals surface area contributed by atoms with Gasteiger partial charge in [0.2, 0.25) is 0 Å². The molecular formula is C50H31NS. The molecule has 52 heavy (non-hydrogen) atoms. The van der Waals surface area contributed by atoms with Gasteiger partial charge in [0.1, 0.15) is 0 Å². The van der Waals surface area contributed by atoms with Gasteiger partial charge in [0.15, 0.2) is 0 Å². The maximum absolute atomic E-state index is 2.53. The average Bonchev–Trinajstić information content (AvgIpc) is 3.49. The lowest BCUT2D eigenvalue weighted by molar-refractivity contribution is 1.13. The van der Waals surface area contributed by atoms with Gasteiger partial charge < -0.3 is 4.57 Å². The second-order valence-corrected chi connectivity index (χ2v) is 14.7. The monoisotopic (exact) mass is 677 g/mol. The second kappa shape index (κ2) is 11.6. The molecular weight excluding hydrogens is 647 g/mol. The Morgan fingerprint density at radius 1 is 0.327 bits per heavy atom. The summed E-state index contributed by atoms with van der Waals surface area (Å²) in [5.74, 6) is 0. The zero-order valence-corrected chi connectivity index (χ0v) is 29.1. The average molecular weight is 678 g/mol. The minimum atomic E-state index is 1.15. The van der Waals surface area contributed by atoms with Crippen LogP contribution in [0.15, 0.2) is 198 Å². The van der Waals surface area contributed by atoms with Crippen molar-refractivity contribution in [3.05, 3.63) is 188 Å². The van der Waals surface area contributed by atoms with E-state index in [1.54, 1.807) is 0 Å². The van der Waals surface area contributed by atoms with Crippen molar-refractivity contribution in [2.24, 2.45) is 0 Å². The highest BCUT2D eigenvalue weighted by molar-refractivity contribution is 7.99. The summed E-state index contributed by atoms with van der Waals surface area (Å²) < 4.78 is 2.53. The van der Waals surface area contributed by atoms with Gasteiger partial charge in [0, 0.05) is 37.6 Å². The molecule has 1 aliphatic heterocycles. The fourth-order valence-corrected chi connectivity index (χ4v) is 9.58. The number of fused-ring (bicyclic) bond motifs is 13. The van der Waals surface area contributed by atoms with E-state index in [0.29, 0.717) is 0 Å². The highest BCUT2D eigenvalue weighted by Gasteiger charge is 2.28. The van der Waals surface area contributed by atoms with Crippen molar-refractivity contribution < 1.29 is 0 Å². The Balaban J connectivity index is 1.16. The highest BCUT2D eigenvalue weighted by atomic mass is 32.2. The SMILES string of the molecule is c1ccc(-c2cccc3c4c(n(-c5ccc(-c6ccc7c8ccccc8c8ccccc8c7c6)cc5)c23)-c2ccccc2Sc2ccccc2-4)cc1. The molecule has 0 fully saturated rings. The summed E-state index contributed by atoms with van der Waals surface area (Å²) in [4.78, 5) is 2.55. The number of hydrogen-bond acceptors (Lipinski definition) is 1. The molecule has 9 aromatic carbocycles. The quantitative estimate of drug-likeness (QED) is 0.169. The van der Waals surface area contributed by atoms with Crippen LogP contribution >= 0.6 is 11.8 Å². The van der Waals surface area contributed by atoms with Gasteiger partial charge in [-0.15, -0.1) is 0 Å². The third kappa shape index (κ3) is 4.38. The van der Waals surface area contributed by atoms with Crippen molar-refractivity contribution in [3.8, 4) is 50.3 Å². The maximum Gasteiger partial charge on any atom is 0.0631 e. The minimum absolute atomic E-state index is 1.15. The molecule has 0 saturated carbocycles. The van der Waals surface area contributed by atoms with E-state index in [4.69, 9.17) is 0 Å². The third-order valence-corrected chi connectivity index (χ3v) is 11.9. The Morgan fingerprint density at radius 3 is 1.56 bits per heavy atom. The molecule has 11 rings (SSSR count). The first kappa shape index (κ1) is 29.4. The normalized spacial score (nSPS) is 12.2. The van der Waals surface area contributed by atoms with E-state index in [0.717, 1.165) is 5.69 Å². The molecule has 2 heteroatoms. The van der Waals surface area contributed by atoms with Crippen LogP contribution < -0.4 is 0 Å². The van der Waals surface area contributed by atoms with E-state index in [9.17, 15) is 0 Å². The molecule has 0 aliphatic carbocycles. The summed E-state index contributed by atoms with van der Waals surface area (Å²) in [6.07, 6.45) is 0. The summed E-state index contributed by atoms with van der Waals surface area (Å²) in [6, 6.07) is 69.2. The zero-order valence-electron chi connectivity index (χ0n) is 28.3. The zero-order chi connectivity index (χ0) is 34.2. The summed E-state index contributed by atoms with van der Waals surface area (Å²) in [5.41, 5.74) is 12.3. The van der Waals surface area contributed by atoms with Crippen LogP contribution in [-0.4, -0.2) is 4.57 Å². The van der Waals surface area contributed by atoms with Crippen LogP contribution in [0.2, 0.25) is 0 Å². The predicted molar refractivity (Wildman–Crippen MR) is 222 cm³/mol. The van der Waals surface area contributed by atoms with Gasteiger partial charge in [-0.25, -0.2) is 0 Å². The molecule has 1 nitrogen and oxygen atoms in total.